The molecular weight excluding hydrogens is 314 g/mol. The Morgan fingerprint density at radius 2 is 2.04 bits per heavy atom. The van der Waals surface area contributed by atoms with Crippen molar-refractivity contribution in [3.8, 4) is 0 Å². The molecule has 0 saturated heterocycles. The fourth-order valence-corrected chi connectivity index (χ4v) is 2.72. The zero-order valence-corrected chi connectivity index (χ0v) is 13.6. The molecule has 24 heavy (non-hydrogen) atoms. The van der Waals surface area contributed by atoms with E-state index in [1.807, 2.05) is 0 Å². The van der Waals surface area contributed by atoms with Gasteiger partial charge >= 0.3 is 5.97 Å². The predicted molar refractivity (Wildman–Crippen MR) is 86.0 cm³/mol. The normalized spacial score (nSPS) is 11.0. The first-order valence-electron chi connectivity index (χ1n) is 7.38. The third-order valence-corrected chi connectivity index (χ3v) is 4.04. The van der Waals surface area contributed by atoms with E-state index >= 15 is 0 Å². The number of hydrogen-bond donors (Lipinski definition) is 0. The Morgan fingerprint density at radius 3 is 2.71 bits per heavy atom. The number of aromatic nitrogens is 2. The molecule has 1 aromatic heterocycles. The van der Waals surface area contributed by atoms with Gasteiger partial charge in [0.05, 0.1) is 24.5 Å². The number of esters is 1. The van der Waals surface area contributed by atoms with E-state index in [2.05, 4.69) is 4.98 Å². The van der Waals surface area contributed by atoms with E-state index in [1.54, 1.807) is 30.7 Å². The molecule has 3 aromatic rings. The lowest BCUT2D eigenvalue weighted by atomic mass is 9.97. The average Bonchev–Trinajstić information content (AvgIpc) is 2.92. The monoisotopic (exact) mass is 330 g/mol. The standard InChI is InChI=1S/C18H16F2N2O2/c1-10-4-5-11(14(19)6-10)7-12-13(18(23)24-3)8-15-17(16(12)20)21-9-22(15)2/h4-6,8-9H,7H2,1-3H3. The first-order valence-corrected chi connectivity index (χ1v) is 7.38. The molecule has 0 aliphatic rings. The second-order valence-corrected chi connectivity index (χ2v) is 5.70. The molecule has 0 saturated carbocycles. The number of nitrogens with zero attached hydrogens (tertiary/aromatic N) is 2. The summed E-state index contributed by atoms with van der Waals surface area (Å²) in [6, 6.07) is 6.24. The van der Waals surface area contributed by atoms with Crippen molar-refractivity contribution in [2.45, 2.75) is 13.3 Å². The molecule has 2 aromatic carbocycles. The van der Waals surface area contributed by atoms with Gasteiger partial charge in [0.1, 0.15) is 11.3 Å². The number of carbonyl (C=O) groups excluding carboxylic acids is 1. The molecule has 0 radical (unpaired) electrons. The van der Waals surface area contributed by atoms with Crippen LogP contribution in [0.1, 0.15) is 27.0 Å². The topological polar surface area (TPSA) is 44.1 Å². The van der Waals surface area contributed by atoms with Gasteiger partial charge in [-0.05, 0) is 30.2 Å². The van der Waals surface area contributed by atoms with Gasteiger partial charge in [-0.15, -0.1) is 0 Å². The largest absolute Gasteiger partial charge is 0.465 e. The number of aryl methyl sites for hydroxylation is 2. The summed E-state index contributed by atoms with van der Waals surface area (Å²) >= 11 is 0. The Morgan fingerprint density at radius 1 is 1.29 bits per heavy atom. The molecule has 0 N–H and O–H groups in total. The molecule has 6 heteroatoms. The summed E-state index contributed by atoms with van der Waals surface area (Å²) in [6.45, 7) is 1.77. The summed E-state index contributed by atoms with van der Waals surface area (Å²) in [5, 5.41) is 0. The van der Waals surface area contributed by atoms with Crippen LogP contribution in [0.2, 0.25) is 0 Å². The molecule has 3 rings (SSSR count). The smallest absolute Gasteiger partial charge is 0.338 e. The first-order chi connectivity index (χ1) is 11.4. The number of rotatable bonds is 3. The Balaban J connectivity index is 2.21. The van der Waals surface area contributed by atoms with Gasteiger partial charge < -0.3 is 9.30 Å². The van der Waals surface area contributed by atoms with Gasteiger partial charge in [-0.1, -0.05) is 12.1 Å². The summed E-state index contributed by atoms with van der Waals surface area (Å²) in [7, 11) is 2.93. The van der Waals surface area contributed by atoms with E-state index < -0.39 is 17.6 Å². The van der Waals surface area contributed by atoms with Gasteiger partial charge in [0.2, 0.25) is 0 Å². The van der Waals surface area contributed by atoms with Crippen LogP contribution < -0.4 is 0 Å². The fourth-order valence-electron chi connectivity index (χ4n) is 2.72. The van der Waals surface area contributed by atoms with Gasteiger partial charge in [-0.3, -0.25) is 0 Å². The van der Waals surface area contributed by atoms with Crippen LogP contribution in [0.15, 0.2) is 30.6 Å². The lowest BCUT2D eigenvalue weighted by Crippen LogP contribution is -2.10. The molecule has 0 spiro atoms. The van der Waals surface area contributed by atoms with E-state index in [0.717, 1.165) is 5.56 Å². The zero-order valence-electron chi connectivity index (χ0n) is 13.6. The minimum absolute atomic E-state index is 0.0606. The van der Waals surface area contributed by atoms with Gasteiger partial charge in [0.25, 0.3) is 0 Å². The van der Waals surface area contributed by atoms with Crippen LogP contribution in [0.3, 0.4) is 0 Å². The molecule has 0 aliphatic carbocycles. The number of fused-ring (bicyclic) bond motifs is 1. The van der Waals surface area contributed by atoms with Crippen molar-refractivity contribution >= 4 is 17.0 Å². The molecule has 0 unspecified atom stereocenters. The maximum atomic E-state index is 14.9. The second-order valence-electron chi connectivity index (χ2n) is 5.70. The predicted octanol–water partition coefficient (Wildman–Crippen LogP) is 3.54. The van der Waals surface area contributed by atoms with Crippen molar-refractivity contribution in [3.05, 3.63) is 64.5 Å². The minimum Gasteiger partial charge on any atom is -0.465 e. The van der Waals surface area contributed by atoms with Gasteiger partial charge in [-0.2, -0.15) is 0 Å². The minimum atomic E-state index is -0.667. The first kappa shape index (κ1) is 16.1. The Labute approximate surface area is 137 Å². The van der Waals surface area contributed by atoms with Crippen LogP contribution in [0, 0.1) is 18.6 Å². The number of benzene rings is 2. The SMILES string of the molecule is COC(=O)c1cc2c(ncn2C)c(F)c1Cc1ccc(C)cc1F. The van der Waals surface area contributed by atoms with Crippen LogP contribution >= 0.6 is 0 Å². The van der Waals surface area contributed by atoms with E-state index in [1.165, 1.54) is 25.6 Å². The lowest BCUT2D eigenvalue weighted by Gasteiger charge is -2.12. The van der Waals surface area contributed by atoms with Crippen LogP contribution in [0.25, 0.3) is 11.0 Å². The molecule has 0 bridgehead atoms. The Hall–Kier alpha value is -2.76. The highest BCUT2D eigenvalue weighted by Crippen LogP contribution is 2.27. The molecule has 4 nitrogen and oxygen atoms in total. The van der Waals surface area contributed by atoms with Gasteiger partial charge in [0.15, 0.2) is 5.82 Å². The lowest BCUT2D eigenvalue weighted by molar-refractivity contribution is 0.0599. The van der Waals surface area contributed by atoms with E-state index in [-0.39, 0.29) is 23.1 Å². The molecule has 0 atom stereocenters. The highest BCUT2D eigenvalue weighted by Gasteiger charge is 2.22. The number of methoxy groups -OCH3 is 1. The summed E-state index contributed by atoms with van der Waals surface area (Å²) in [4.78, 5) is 16.1. The molecule has 124 valence electrons. The average molecular weight is 330 g/mol. The number of imidazole rings is 1. The summed E-state index contributed by atoms with van der Waals surface area (Å²) < 4.78 is 35.4. The fraction of sp³-hybridized carbons (Fsp3) is 0.222. The maximum absolute atomic E-state index is 14.9. The van der Waals surface area contributed by atoms with Crippen LogP contribution in [0.4, 0.5) is 8.78 Å². The van der Waals surface area contributed by atoms with Crippen molar-refractivity contribution in [2.24, 2.45) is 7.05 Å². The molecule has 0 aliphatic heterocycles. The zero-order chi connectivity index (χ0) is 17.4. The highest BCUT2D eigenvalue weighted by molar-refractivity contribution is 5.96. The van der Waals surface area contributed by atoms with Crippen molar-refractivity contribution in [1.29, 1.82) is 0 Å². The van der Waals surface area contributed by atoms with Gasteiger partial charge in [0, 0.05) is 19.0 Å². The molecule has 1 heterocycles. The van der Waals surface area contributed by atoms with E-state index in [9.17, 15) is 13.6 Å². The maximum Gasteiger partial charge on any atom is 0.338 e. The number of carbonyl (C=O) groups is 1. The van der Waals surface area contributed by atoms with E-state index in [0.29, 0.717) is 11.1 Å². The molecular formula is C18H16F2N2O2. The summed E-state index contributed by atoms with van der Waals surface area (Å²) in [5.41, 5.74) is 1.85. The van der Waals surface area contributed by atoms with E-state index in [4.69, 9.17) is 4.74 Å². The van der Waals surface area contributed by atoms with Gasteiger partial charge in [-0.25, -0.2) is 18.6 Å². The third-order valence-electron chi connectivity index (χ3n) is 4.04. The number of ether oxygens (including phenoxy) is 1. The third kappa shape index (κ3) is 2.64. The van der Waals surface area contributed by atoms with Crippen LogP contribution in [-0.4, -0.2) is 22.6 Å². The molecule has 0 fully saturated rings. The van der Waals surface area contributed by atoms with Crippen molar-refractivity contribution in [1.82, 2.24) is 9.55 Å². The quantitative estimate of drug-likeness (QED) is 0.690. The molecule has 0 amide bonds. The Kier molecular flexibility index (Phi) is 4.05. The second kappa shape index (κ2) is 6.03. The van der Waals surface area contributed by atoms with Crippen molar-refractivity contribution in [3.63, 3.8) is 0 Å². The van der Waals surface area contributed by atoms with Crippen LogP contribution in [0.5, 0.6) is 0 Å². The van der Waals surface area contributed by atoms with Crippen molar-refractivity contribution < 1.29 is 18.3 Å². The Bertz CT molecular complexity index is 948. The summed E-state index contributed by atoms with van der Waals surface area (Å²) in [6.07, 6.45) is 1.40. The highest BCUT2D eigenvalue weighted by atomic mass is 19.1. The number of halogens is 2. The van der Waals surface area contributed by atoms with Crippen LogP contribution in [-0.2, 0) is 18.2 Å². The van der Waals surface area contributed by atoms with Crippen molar-refractivity contribution in [2.75, 3.05) is 7.11 Å². The number of hydrogen-bond acceptors (Lipinski definition) is 3. The summed E-state index contributed by atoms with van der Waals surface area (Å²) in [5.74, 6) is -1.74.